The van der Waals surface area contributed by atoms with Gasteiger partial charge in [0.05, 0.1) is 12.0 Å². The number of rotatable bonds is 6. The second-order valence-corrected chi connectivity index (χ2v) is 8.09. The maximum absolute atomic E-state index is 13.2. The maximum Gasteiger partial charge on any atom is 0.416 e. The SMILES string of the molecule is O=C(Cc1ccccc1C(F)(F)F)NC1CCc2nnc(CCc3ccccc3)n2CC1. The minimum absolute atomic E-state index is 0.00792. The average molecular weight is 442 g/mol. The van der Waals surface area contributed by atoms with Crippen molar-refractivity contribution in [2.75, 3.05) is 0 Å². The Balaban J connectivity index is 1.34. The third-order valence-corrected chi connectivity index (χ3v) is 5.84. The van der Waals surface area contributed by atoms with Gasteiger partial charge in [0.25, 0.3) is 0 Å². The molecule has 2 aromatic carbocycles. The molecule has 3 aromatic rings. The van der Waals surface area contributed by atoms with Crippen LogP contribution in [0.2, 0.25) is 0 Å². The van der Waals surface area contributed by atoms with Crippen LogP contribution in [-0.2, 0) is 43.2 Å². The van der Waals surface area contributed by atoms with Gasteiger partial charge >= 0.3 is 6.18 Å². The van der Waals surface area contributed by atoms with E-state index < -0.39 is 17.6 Å². The molecule has 0 bridgehead atoms. The van der Waals surface area contributed by atoms with Gasteiger partial charge in [-0.15, -0.1) is 10.2 Å². The molecule has 1 aromatic heterocycles. The van der Waals surface area contributed by atoms with Crippen molar-refractivity contribution in [3.8, 4) is 0 Å². The summed E-state index contributed by atoms with van der Waals surface area (Å²) in [4.78, 5) is 12.5. The van der Waals surface area contributed by atoms with Crippen LogP contribution in [0.4, 0.5) is 13.2 Å². The van der Waals surface area contributed by atoms with E-state index in [-0.39, 0.29) is 18.0 Å². The molecule has 32 heavy (non-hydrogen) atoms. The summed E-state index contributed by atoms with van der Waals surface area (Å²) in [5.41, 5.74) is 0.472. The second kappa shape index (κ2) is 9.54. The summed E-state index contributed by atoms with van der Waals surface area (Å²) in [5, 5.41) is 11.6. The van der Waals surface area contributed by atoms with Gasteiger partial charge in [0, 0.05) is 25.4 Å². The van der Waals surface area contributed by atoms with Gasteiger partial charge in [-0.05, 0) is 36.5 Å². The molecular formula is C24H25F3N4O. The summed E-state index contributed by atoms with van der Waals surface area (Å²) >= 11 is 0. The van der Waals surface area contributed by atoms with E-state index in [2.05, 4.69) is 32.2 Å². The highest BCUT2D eigenvalue weighted by Crippen LogP contribution is 2.32. The van der Waals surface area contributed by atoms with Crippen LogP contribution in [0, 0.1) is 0 Å². The zero-order valence-corrected chi connectivity index (χ0v) is 17.6. The molecule has 0 saturated carbocycles. The van der Waals surface area contributed by atoms with E-state index in [1.807, 2.05) is 18.2 Å². The molecule has 0 radical (unpaired) electrons. The van der Waals surface area contributed by atoms with Gasteiger partial charge in [0.1, 0.15) is 11.6 Å². The minimum atomic E-state index is -4.47. The number of halogens is 3. The number of carbonyl (C=O) groups is 1. The van der Waals surface area contributed by atoms with E-state index in [0.29, 0.717) is 25.8 Å². The number of fused-ring (bicyclic) bond motifs is 1. The van der Waals surface area contributed by atoms with Gasteiger partial charge in [-0.1, -0.05) is 48.5 Å². The van der Waals surface area contributed by atoms with E-state index >= 15 is 0 Å². The molecule has 2 heterocycles. The Morgan fingerprint density at radius 1 is 1.00 bits per heavy atom. The van der Waals surface area contributed by atoms with Gasteiger partial charge in [-0.2, -0.15) is 13.2 Å². The molecule has 0 spiro atoms. The Morgan fingerprint density at radius 2 is 1.75 bits per heavy atom. The summed E-state index contributed by atoms with van der Waals surface area (Å²) in [6.45, 7) is 0.677. The molecule has 5 nitrogen and oxygen atoms in total. The zero-order chi connectivity index (χ0) is 22.6. The highest BCUT2D eigenvalue weighted by atomic mass is 19.4. The normalized spacial score (nSPS) is 16.3. The number of alkyl halides is 3. The third kappa shape index (κ3) is 5.36. The van der Waals surface area contributed by atoms with Crippen molar-refractivity contribution in [1.29, 1.82) is 0 Å². The first-order valence-electron chi connectivity index (χ1n) is 10.8. The highest BCUT2D eigenvalue weighted by molar-refractivity contribution is 5.79. The van der Waals surface area contributed by atoms with Crippen LogP contribution in [-0.4, -0.2) is 26.7 Å². The molecule has 1 atom stereocenters. The van der Waals surface area contributed by atoms with Gasteiger partial charge in [-0.25, -0.2) is 0 Å². The van der Waals surface area contributed by atoms with Crippen LogP contribution in [0.5, 0.6) is 0 Å². The van der Waals surface area contributed by atoms with Crippen LogP contribution >= 0.6 is 0 Å². The van der Waals surface area contributed by atoms with Crippen LogP contribution in [0.15, 0.2) is 54.6 Å². The van der Waals surface area contributed by atoms with Gasteiger partial charge < -0.3 is 9.88 Å². The monoisotopic (exact) mass is 442 g/mol. The molecule has 0 fully saturated rings. The average Bonchev–Trinajstić information content (AvgIpc) is 3.05. The molecular weight excluding hydrogens is 417 g/mol. The summed E-state index contributed by atoms with van der Waals surface area (Å²) in [7, 11) is 0. The summed E-state index contributed by atoms with van der Waals surface area (Å²) < 4.78 is 41.7. The second-order valence-electron chi connectivity index (χ2n) is 8.09. The third-order valence-electron chi connectivity index (χ3n) is 5.84. The Hall–Kier alpha value is -3.16. The van der Waals surface area contributed by atoms with Crippen LogP contribution < -0.4 is 5.32 Å². The van der Waals surface area contributed by atoms with Crippen LogP contribution in [0.1, 0.15) is 41.2 Å². The molecule has 1 unspecified atom stereocenters. The Labute approximate surface area is 184 Å². The van der Waals surface area contributed by atoms with Crippen LogP contribution in [0.3, 0.4) is 0 Å². The first-order chi connectivity index (χ1) is 15.4. The lowest BCUT2D eigenvalue weighted by atomic mass is 10.0. The number of aryl methyl sites for hydroxylation is 3. The van der Waals surface area contributed by atoms with Crippen molar-refractivity contribution in [1.82, 2.24) is 20.1 Å². The maximum atomic E-state index is 13.2. The van der Waals surface area contributed by atoms with E-state index in [0.717, 1.165) is 30.6 Å². The fourth-order valence-corrected chi connectivity index (χ4v) is 4.18. The predicted molar refractivity (Wildman–Crippen MR) is 114 cm³/mol. The van der Waals surface area contributed by atoms with Crippen molar-refractivity contribution < 1.29 is 18.0 Å². The predicted octanol–water partition coefficient (Wildman–Crippen LogP) is 4.15. The zero-order valence-electron chi connectivity index (χ0n) is 17.6. The lowest BCUT2D eigenvalue weighted by Gasteiger charge is -2.17. The van der Waals surface area contributed by atoms with E-state index in [1.165, 1.54) is 23.8 Å². The fourth-order valence-electron chi connectivity index (χ4n) is 4.18. The first-order valence-corrected chi connectivity index (χ1v) is 10.8. The summed E-state index contributed by atoms with van der Waals surface area (Å²) in [6, 6.07) is 15.3. The highest BCUT2D eigenvalue weighted by Gasteiger charge is 2.33. The number of carbonyl (C=O) groups excluding carboxylic acids is 1. The number of nitrogens with one attached hydrogen (secondary N) is 1. The Kier molecular flexibility index (Phi) is 6.58. The van der Waals surface area contributed by atoms with E-state index in [9.17, 15) is 18.0 Å². The van der Waals surface area contributed by atoms with Gasteiger partial charge in [-0.3, -0.25) is 4.79 Å². The van der Waals surface area contributed by atoms with E-state index in [4.69, 9.17) is 0 Å². The molecule has 4 rings (SSSR count). The fraction of sp³-hybridized carbons (Fsp3) is 0.375. The molecule has 0 aliphatic carbocycles. The molecule has 168 valence electrons. The van der Waals surface area contributed by atoms with Gasteiger partial charge in [0.2, 0.25) is 5.91 Å². The molecule has 0 saturated heterocycles. The standard InChI is InChI=1S/C24H25F3N4O/c25-24(26,27)20-9-5-4-8-18(20)16-23(32)28-19-11-13-22-30-29-21(31(22)15-14-19)12-10-17-6-2-1-3-7-17/h1-9,19H,10-16H2,(H,28,32). The molecule has 1 aliphatic rings. The number of benzene rings is 2. The topological polar surface area (TPSA) is 59.8 Å². The lowest BCUT2D eigenvalue weighted by molar-refractivity contribution is -0.138. The first kappa shape index (κ1) is 22.0. The van der Waals surface area contributed by atoms with E-state index in [1.54, 1.807) is 0 Å². The van der Waals surface area contributed by atoms with Crippen molar-refractivity contribution in [3.05, 3.63) is 82.9 Å². The van der Waals surface area contributed by atoms with Crippen molar-refractivity contribution in [2.24, 2.45) is 0 Å². The number of hydrogen-bond donors (Lipinski definition) is 1. The number of nitrogens with zero attached hydrogens (tertiary/aromatic N) is 3. The van der Waals surface area contributed by atoms with Crippen LogP contribution in [0.25, 0.3) is 0 Å². The van der Waals surface area contributed by atoms with Crippen molar-refractivity contribution in [3.63, 3.8) is 0 Å². The summed E-state index contributed by atoms with van der Waals surface area (Å²) in [6.07, 6.45) is -1.07. The lowest BCUT2D eigenvalue weighted by Crippen LogP contribution is -2.36. The molecule has 1 aliphatic heterocycles. The Morgan fingerprint density at radius 3 is 2.53 bits per heavy atom. The smallest absolute Gasteiger partial charge is 0.353 e. The Bertz CT molecular complexity index is 1060. The molecule has 8 heteroatoms. The van der Waals surface area contributed by atoms with Crippen molar-refractivity contribution in [2.45, 2.75) is 57.3 Å². The molecule has 1 N–H and O–H groups in total. The van der Waals surface area contributed by atoms with Gasteiger partial charge in [0.15, 0.2) is 0 Å². The van der Waals surface area contributed by atoms with Crippen molar-refractivity contribution >= 4 is 5.91 Å². The number of aromatic nitrogens is 3. The number of amides is 1. The molecule has 1 amide bonds. The number of hydrogen-bond acceptors (Lipinski definition) is 3. The minimum Gasteiger partial charge on any atom is -0.353 e. The largest absolute Gasteiger partial charge is 0.416 e. The summed E-state index contributed by atoms with van der Waals surface area (Å²) in [5.74, 6) is 1.43. The quantitative estimate of drug-likeness (QED) is 0.624.